The summed E-state index contributed by atoms with van der Waals surface area (Å²) >= 11 is 1.57. The number of benzene rings is 1. The number of hydrogen-bond donors (Lipinski definition) is 1. The summed E-state index contributed by atoms with van der Waals surface area (Å²) in [5, 5.41) is 4.49. The van der Waals surface area contributed by atoms with Gasteiger partial charge < -0.3 is 10.1 Å². The molecule has 3 rings (SSSR count). The van der Waals surface area contributed by atoms with Gasteiger partial charge >= 0.3 is 0 Å². The molecule has 1 aromatic carbocycles. The molecule has 0 amide bonds. The van der Waals surface area contributed by atoms with Crippen molar-refractivity contribution in [2.24, 2.45) is 0 Å². The van der Waals surface area contributed by atoms with E-state index in [1.54, 1.807) is 18.9 Å². The molecule has 0 bridgehead atoms. The molecule has 2 heterocycles. The zero-order chi connectivity index (χ0) is 17.5. The molecule has 0 saturated carbocycles. The predicted octanol–water partition coefficient (Wildman–Crippen LogP) is 2.96. The van der Waals surface area contributed by atoms with Gasteiger partial charge in [-0.2, -0.15) is 0 Å². The van der Waals surface area contributed by atoms with Crippen LogP contribution in [0.4, 0.5) is 0 Å². The molecule has 2 aromatic rings. The zero-order valence-corrected chi connectivity index (χ0v) is 15.8. The monoisotopic (exact) mass is 358 g/mol. The number of nitrogens with zero attached hydrogens (tertiary/aromatic N) is 3. The highest BCUT2D eigenvalue weighted by molar-refractivity contribution is 7.98. The first-order chi connectivity index (χ1) is 12.3. The van der Waals surface area contributed by atoms with Crippen LogP contribution in [-0.4, -0.2) is 47.4 Å². The summed E-state index contributed by atoms with van der Waals surface area (Å²) in [6, 6.07) is 8.87. The number of likely N-dealkylation sites (tertiary alicyclic amines) is 1. The van der Waals surface area contributed by atoms with Crippen molar-refractivity contribution in [3.63, 3.8) is 0 Å². The molecule has 25 heavy (non-hydrogen) atoms. The minimum absolute atomic E-state index is 0.514. The summed E-state index contributed by atoms with van der Waals surface area (Å²) in [5.74, 6) is 0.929. The fraction of sp³-hybridized carbons (Fsp3) is 0.474. The van der Waals surface area contributed by atoms with Crippen LogP contribution in [0.15, 0.2) is 41.8 Å². The molecule has 134 valence electrons. The maximum Gasteiger partial charge on any atom is 0.187 e. The lowest BCUT2D eigenvalue weighted by molar-refractivity contribution is 0.182. The molecule has 0 spiro atoms. The normalized spacial score (nSPS) is 18.2. The first-order valence-electron chi connectivity index (χ1n) is 8.70. The third-order valence-corrected chi connectivity index (χ3v) is 5.08. The average molecular weight is 359 g/mol. The Hall–Kier alpha value is -1.63. The van der Waals surface area contributed by atoms with Crippen LogP contribution in [0.5, 0.6) is 5.75 Å². The Morgan fingerprint density at radius 1 is 1.28 bits per heavy atom. The van der Waals surface area contributed by atoms with Gasteiger partial charge in [0.15, 0.2) is 5.16 Å². The van der Waals surface area contributed by atoms with E-state index in [0.717, 1.165) is 42.6 Å². The number of aromatic nitrogens is 2. The fourth-order valence-electron chi connectivity index (χ4n) is 3.20. The van der Waals surface area contributed by atoms with Crippen LogP contribution < -0.4 is 10.1 Å². The Morgan fingerprint density at radius 3 is 2.88 bits per heavy atom. The summed E-state index contributed by atoms with van der Waals surface area (Å²) in [7, 11) is 1.72. The highest BCUT2D eigenvalue weighted by Crippen LogP contribution is 2.18. The Bertz CT molecular complexity index is 665. The molecule has 6 heteroatoms. The number of piperidine rings is 1. The summed E-state index contributed by atoms with van der Waals surface area (Å²) < 4.78 is 5.32. The summed E-state index contributed by atoms with van der Waals surface area (Å²) in [6.45, 7) is 4.02. The summed E-state index contributed by atoms with van der Waals surface area (Å²) in [4.78, 5) is 11.2. The third-order valence-electron chi connectivity index (χ3n) is 4.50. The SMILES string of the molecule is COc1cccc(CN2CCC[C@@H](NCc3cnc(SC)nc3)C2)c1. The van der Waals surface area contributed by atoms with Gasteiger partial charge in [-0.05, 0) is 43.3 Å². The number of methoxy groups -OCH3 is 1. The van der Waals surface area contributed by atoms with Gasteiger partial charge in [-0.15, -0.1) is 0 Å². The molecule has 1 atom stereocenters. The second-order valence-electron chi connectivity index (χ2n) is 6.38. The number of thioether (sulfide) groups is 1. The van der Waals surface area contributed by atoms with Gasteiger partial charge in [0.05, 0.1) is 7.11 Å². The first kappa shape index (κ1) is 18.2. The Balaban J connectivity index is 1.50. The van der Waals surface area contributed by atoms with Crippen LogP contribution in [-0.2, 0) is 13.1 Å². The van der Waals surface area contributed by atoms with E-state index >= 15 is 0 Å². The maximum atomic E-state index is 5.32. The molecule has 0 radical (unpaired) electrons. The molecule has 1 fully saturated rings. The number of ether oxygens (including phenoxy) is 1. The van der Waals surface area contributed by atoms with Gasteiger partial charge in [0.25, 0.3) is 0 Å². The molecule has 1 aliphatic heterocycles. The van der Waals surface area contributed by atoms with Gasteiger partial charge in [-0.3, -0.25) is 4.90 Å². The van der Waals surface area contributed by atoms with Crippen molar-refractivity contribution in [3.8, 4) is 5.75 Å². The highest BCUT2D eigenvalue weighted by atomic mass is 32.2. The van der Waals surface area contributed by atoms with Crippen molar-refractivity contribution < 1.29 is 4.74 Å². The van der Waals surface area contributed by atoms with Crippen LogP contribution in [0.2, 0.25) is 0 Å². The lowest BCUT2D eigenvalue weighted by Crippen LogP contribution is -2.45. The average Bonchev–Trinajstić information content (AvgIpc) is 2.67. The Kier molecular flexibility index (Phi) is 6.67. The zero-order valence-electron chi connectivity index (χ0n) is 14.9. The van der Waals surface area contributed by atoms with E-state index in [1.165, 1.54) is 18.4 Å². The van der Waals surface area contributed by atoms with E-state index in [4.69, 9.17) is 4.74 Å². The molecule has 1 aromatic heterocycles. The van der Waals surface area contributed by atoms with Crippen LogP contribution >= 0.6 is 11.8 Å². The van der Waals surface area contributed by atoms with Gasteiger partial charge in [0, 0.05) is 43.6 Å². The largest absolute Gasteiger partial charge is 0.497 e. The molecular formula is C19H26N4OS. The maximum absolute atomic E-state index is 5.32. The lowest BCUT2D eigenvalue weighted by Gasteiger charge is -2.33. The van der Waals surface area contributed by atoms with E-state index in [1.807, 2.05) is 24.7 Å². The molecule has 0 unspecified atom stereocenters. The molecular weight excluding hydrogens is 332 g/mol. The van der Waals surface area contributed by atoms with Gasteiger partial charge in [-0.25, -0.2) is 9.97 Å². The van der Waals surface area contributed by atoms with E-state index < -0.39 is 0 Å². The highest BCUT2D eigenvalue weighted by Gasteiger charge is 2.19. The van der Waals surface area contributed by atoms with E-state index in [-0.39, 0.29) is 0 Å². The molecule has 1 saturated heterocycles. The van der Waals surface area contributed by atoms with Crippen LogP contribution in [0.1, 0.15) is 24.0 Å². The second kappa shape index (κ2) is 9.17. The van der Waals surface area contributed by atoms with E-state index in [9.17, 15) is 0 Å². The second-order valence-corrected chi connectivity index (χ2v) is 7.16. The summed E-state index contributed by atoms with van der Waals surface area (Å²) in [6.07, 6.45) is 8.28. The van der Waals surface area contributed by atoms with Crippen molar-refractivity contribution >= 4 is 11.8 Å². The fourth-order valence-corrected chi connectivity index (χ4v) is 3.51. The molecule has 1 N–H and O–H groups in total. The smallest absolute Gasteiger partial charge is 0.187 e. The Labute approximate surface area is 154 Å². The number of rotatable bonds is 7. The number of nitrogens with one attached hydrogen (secondary N) is 1. The Morgan fingerprint density at radius 2 is 2.12 bits per heavy atom. The van der Waals surface area contributed by atoms with Gasteiger partial charge in [0.2, 0.25) is 0 Å². The third kappa shape index (κ3) is 5.42. The van der Waals surface area contributed by atoms with Crippen molar-refractivity contribution in [2.75, 3.05) is 26.5 Å². The van der Waals surface area contributed by atoms with E-state index in [2.05, 4.69) is 38.4 Å². The first-order valence-corrected chi connectivity index (χ1v) is 9.93. The van der Waals surface area contributed by atoms with E-state index in [0.29, 0.717) is 6.04 Å². The number of hydrogen-bond acceptors (Lipinski definition) is 6. The topological polar surface area (TPSA) is 50.3 Å². The van der Waals surface area contributed by atoms with Crippen molar-refractivity contribution in [3.05, 3.63) is 47.8 Å². The van der Waals surface area contributed by atoms with Crippen LogP contribution in [0.25, 0.3) is 0 Å². The van der Waals surface area contributed by atoms with Gasteiger partial charge in [0.1, 0.15) is 5.75 Å². The quantitative estimate of drug-likeness (QED) is 0.607. The standard InChI is InChI=1S/C19H26N4OS/c1-24-18-7-3-5-15(9-18)13-23-8-4-6-17(14-23)20-10-16-11-21-19(25-2)22-12-16/h3,5,7,9,11-12,17,20H,4,6,8,10,13-14H2,1-2H3/t17-/m1/s1. The van der Waals surface area contributed by atoms with Crippen molar-refractivity contribution in [2.45, 2.75) is 37.1 Å². The predicted molar refractivity (Wildman–Crippen MR) is 102 cm³/mol. The minimum Gasteiger partial charge on any atom is -0.497 e. The summed E-state index contributed by atoms with van der Waals surface area (Å²) in [5.41, 5.74) is 2.45. The van der Waals surface area contributed by atoms with Crippen molar-refractivity contribution in [1.82, 2.24) is 20.2 Å². The molecule has 0 aliphatic carbocycles. The van der Waals surface area contributed by atoms with Crippen molar-refractivity contribution in [1.29, 1.82) is 0 Å². The minimum atomic E-state index is 0.514. The molecule has 5 nitrogen and oxygen atoms in total. The van der Waals surface area contributed by atoms with Gasteiger partial charge in [-0.1, -0.05) is 23.9 Å². The molecule has 1 aliphatic rings. The lowest BCUT2D eigenvalue weighted by atomic mass is 10.0. The van der Waals surface area contributed by atoms with Crippen LogP contribution in [0.3, 0.4) is 0 Å². The van der Waals surface area contributed by atoms with Crippen LogP contribution in [0, 0.1) is 0 Å².